The molecule has 0 unspecified atom stereocenters. The average molecular weight is 552 g/mol. The van der Waals surface area contributed by atoms with Crippen LogP contribution in [0.4, 0.5) is 0 Å². The number of rotatable bonds is 2. The van der Waals surface area contributed by atoms with Crippen molar-refractivity contribution in [2.24, 2.45) is 0 Å². The van der Waals surface area contributed by atoms with E-state index in [-0.39, 0.29) is 85.4 Å². The molecule has 10 nitrogen and oxygen atoms in total. The van der Waals surface area contributed by atoms with Gasteiger partial charge in [-0.15, -0.1) is 0 Å². The van der Waals surface area contributed by atoms with Crippen LogP contribution in [0.1, 0.15) is 46.0 Å². The van der Waals surface area contributed by atoms with Crippen molar-refractivity contribution >= 4 is 22.3 Å². The Morgan fingerprint density at radius 2 is 1.10 bits per heavy atom. The Balaban J connectivity index is 0. The molecule has 4 heterocycles. The fraction of sp³-hybridized carbons (Fsp3) is 0.412. The van der Waals surface area contributed by atoms with E-state index in [1.807, 2.05) is 13.8 Å². The maximum Gasteiger partial charge on any atom is 0.259 e. The molecule has 0 bridgehead atoms. The van der Waals surface area contributed by atoms with Gasteiger partial charge in [0.15, 0.2) is 0 Å². The number of nitrogens with zero attached hydrogens (tertiary/aromatic N) is 6. The topological polar surface area (TPSA) is 145 Å². The van der Waals surface area contributed by atoms with Crippen molar-refractivity contribution in [3.05, 3.63) is 44.0 Å². The number of aromatic amines is 2. The summed E-state index contributed by atoms with van der Waals surface area (Å²) < 4.78 is 0. The van der Waals surface area contributed by atoms with E-state index in [9.17, 15) is 9.59 Å². The van der Waals surface area contributed by atoms with E-state index < -0.39 is 0 Å². The number of hydrogen-bond donors (Lipinski definition) is 2. The second kappa shape index (κ2) is 11.9. The first kappa shape index (κ1) is 27.9. The minimum absolute atomic E-state index is 0. The molecule has 0 aliphatic heterocycles. The summed E-state index contributed by atoms with van der Waals surface area (Å²) in [5, 5.41) is 0. The van der Waals surface area contributed by atoms with Crippen LogP contribution in [0, 0.1) is 13.8 Å². The molecule has 0 fully saturated rings. The number of fused-ring (bicyclic) bond motifs is 2. The van der Waals surface area contributed by atoms with E-state index >= 15 is 0 Å². The Morgan fingerprint density at radius 1 is 0.759 bits per heavy atom. The Hall–Kier alpha value is -1.09. The van der Waals surface area contributed by atoms with Gasteiger partial charge < -0.3 is 39.9 Å². The van der Waals surface area contributed by atoms with Gasteiger partial charge in [0.05, 0.1) is 11.0 Å². The summed E-state index contributed by atoms with van der Waals surface area (Å²) in [5.74, 6) is 2.47. The molecule has 0 aliphatic rings. The maximum atomic E-state index is 11.3. The fourth-order valence-corrected chi connectivity index (χ4v) is 2.36. The van der Waals surface area contributed by atoms with Crippen molar-refractivity contribution in [1.82, 2.24) is 39.9 Å². The summed E-state index contributed by atoms with van der Waals surface area (Å²) in [6.07, 6.45) is 1.43. The van der Waals surface area contributed by atoms with Gasteiger partial charge in [-0.05, 0) is 38.3 Å². The van der Waals surface area contributed by atoms with Crippen LogP contribution < -0.4 is 21.1 Å². The molecule has 0 atom stereocenters. The zero-order chi connectivity index (χ0) is 18.8. The van der Waals surface area contributed by atoms with Crippen LogP contribution in [-0.2, 0) is 78.3 Å². The molecule has 0 aliphatic carbocycles. The third kappa shape index (κ3) is 6.44. The molecule has 0 aromatic carbocycles. The molecule has 4 aromatic rings. The van der Waals surface area contributed by atoms with Crippen molar-refractivity contribution in [1.29, 1.82) is 0 Å². The van der Waals surface area contributed by atoms with Crippen molar-refractivity contribution in [2.45, 2.75) is 48.0 Å². The van der Waals surface area contributed by atoms with Gasteiger partial charge in [0.25, 0.3) is 11.1 Å². The molecule has 4 aromatic heterocycles. The average Bonchev–Trinajstić information content (AvgIpc) is 3.19. The van der Waals surface area contributed by atoms with E-state index in [2.05, 4.69) is 39.9 Å². The molecule has 152 valence electrons. The molecule has 4 rings (SSSR count). The minimum atomic E-state index is -0.213. The Kier molecular flexibility index (Phi) is 11.5. The Morgan fingerprint density at radius 3 is 1.41 bits per heavy atom. The minimum Gasteiger partial charge on any atom is -0.362 e. The summed E-state index contributed by atoms with van der Waals surface area (Å²) in [4.78, 5) is 52.3. The third-order valence-corrected chi connectivity index (χ3v) is 3.57. The van der Waals surface area contributed by atoms with Gasteiger partial charge in [-0.2, -0.15) is 0 Å². The van der Waals surface area contributed by atoms with Crippen molar-refractivity contribution < 1.29 is 66.8 Å². The zero-order valence-electron chi connectivity index (χ0n) is 16.1. The smallest absolute Gasteiger partial charge is 0.259 e. The van der Waals surface area contributed by atoms with E-state index in [1.165, 1.54) is 0 Å². The molecular weight excluding hydrogens is 526 g/mol. The third-order valence-electron chi connectivity index (χ3n) is 3.57. The largest absolute Gasteiger partial charge is 0.362 e. The van der Waals surface area contributed by atoms with Gasteiger partial charge in [-0.3, -0.25) is 9.59 Å². The van der Waals surface area contributed by atoms with E-state index in [1.54, 1.807) is 13.8 Å². The number of H-pyrrole nitrogens is 2. The standard InChI is InChI=1S/2C8H10N4O.CH4.2Y.H2/c2*1-3-5-11-6-7(12-5)9-4(2)10-8(6)13;;;;/h2*3H2,1-2H3,(H2,9,10,11,12,13);1H4;;;1H/p-2/i;;;;;1+2. The molecule has 0 amide bonds. The summed E-state index contributed by atoms with van der Waals surface area (Å²) in [5.41, 5.74) is 1.13. The molecule has 0 saturated heterocycles. The SMILES string of the molecule is C.CCc1nc2c(=O)[nH]c(C)nc2[n-]1.CCc1nc2c(=O)[nH]c(C)nc2[n-]1.[3HH].[Y].[Y]. The molecule has 2 radical (unpaired) electrons. The van der Waals surface area contributed by atoms with Crippen molar-refractivity contribution in [3.63, 3.8) is 0 Å². The van der Waals surface area contributed by atoms with Gasteiger partial charge in [-0.25, -0.2) is 0 Å². The molecule has 0 spiro atoms. The van der Waals surface area contributed by atoms with Crippen molar-refractivity contribution in [2.75, 3.05) is 0 Å². The molecule has 29 heavy (non-hydrogen) atoms. The Labute approximate surface area is 219 Å². The van der Waals surface area contributed by atoms with Gasteiger partial charge in [0.2, 0.25) is 0 Å². The van der Waals surface area contributed by atoms with Crippen LogP contribution in [0.25, 0.3) is 22.3 Å². The monoisotopic (exact) mass is 552 g/mol. The first-order valence-electron chi connectivity index (χ1n) is 8.21. The second-order valence-corrected chi connectivity index (χ2v) is 5.63. The van der Waals surface area contributed by atoms with Crippen LogP contribution in [0.2, 0.25) is 0 Å². The first-order valence-corrected chi connectivity index (χ1v) is 8.21. The number of hydrogen-bond acceptors (Lipinski definition) is 6. The van der Waals surface area contributed by atoms with Crippen LogP contribution >= 0.6 is 0 Å². The van der Waals surface area contributed by atoms with E-state index in [4.69, 9.17) is 0 Å². The second-order valence-electron chi connectivity index (χ2n) is 5.63. The van der Waals surface area contributed by atoms with E-state index in [0.29, 0.717) is 45.6 Å². The van der Waals surface area contributed by atoms with Crippen LogP contribution in [-0.4, -0.2) is 29.9 Å². The normalized spacial score (nSPS) is 9.79. The Bertz CT molecular complexity index is 1100. The zero-order valence-corrected chi connectivity index (χ0v) is 21.7. The molecular formula is C17H24N8O2Y2-2. The summed E-state index contributed by atoms with van der Waals surface area (Å²) >= 11 is 0. The predicted molar refractivity (Wildman–Crippen MR) is 104 cm³/mol. The van der Waals surface area contributed by atoms with Gasteiger partial charge in [0, 0.05) is 89.8 Å². The fourth-order valence-electron chi connectivity index (χ4n) is 2.36. The maximum absolute atomic E-state index is 11.3. The quantitative estimate of drug-likeness (QED) is 0.377. The van der Waals surface area contributed by atoms with Crippen LogP contribution in [0.15, 0.2) is 9.59 Å². The summed E-state index contributed by atoms with van der Waals surface area (Å²) in [6.45, 7) is 7.33. The van der Waals surface area contributed by atoms with Crippen LogP contribution in [0.5, 0.6) is 0 Å². The van der Waals surface area contributed by atoms with Crippen LogP contribution in [0.3, 0.4) is 0 Å². The number of aromatic nitrogens is 8. The summed E-state index contributed by atoms with van der Waals surface area (Å²) in [7, 11) is 0. The number of imidazole rings is 2. The number of nitrogens with one attached hydrogen (secondary N) is 2. The predicted octanol–water partition coefficient (Wildman–Crippen LogP) is 1.17. The molecule has 0 saturated carbocycles. The molecule has 2 N–H and O–H groups in total. The number of aryl methyl sites for hydroxylation is 4. The summed E-state index contributed by atoms with van der Waals surface area (Å²) in [6, 6.07) is 0. The van der Waals surface area contributed by atoms with Gasteiger partial charge >= 0.3 is 0 Å². The first-order chi connectivity index (χ1) is 12.4. The van der Waals surface area contributed by atoms with Crippen molar-refractivity contribution in [3.8, 4) is 0 Å². The molecule has 12 heteroatoms. The van der Waals surface area contributed by atoms with E-state index in [0.717, 1.165) is 12.8 Å². The van der Waals surface area contributed by atoms with Gasteiger partial charge in [-0.1, -0.05) is 21.3 Å². The van der Waals surface area contributed by atoms with Gasteiger partial charge in [0.1, 0.15) is 0 Å².